The highest BCUT2D eigenvalue weighted by Crippen LogP contribution is 2.33. The van der Waals surface area contributed by atoms with Gasteiger partial charge in [-0.2, -0.15) is 0 Å². The maximum absolute atomic E-state index is 13.1. The number of carbonyl (C=O) groups is 1. The Morgan fingerprint density at radius 3 is 2.54 bits per heavy atom. The van der Waals surface area contributed by atoms with Crippen molar-refractivity contribution < 1.29 is 23.4 Å². The molecule has 0 bridgehead atoms. The third-order valence-corrected chi connectivity index (χ3v) is 4.31. The second-order valence-electron chi connectivity index (χ2n) is 5.97. The van der Waals surface area contributed by atoms with Crippen LogP contribution in [0.2, 0.25) is 5.02 Å². The molecule has 0 aliphatic rings. The van der Waals surface area contributed by atoms with Crippen molar-refractivity contribution in [3.8, 4) is 22.8 Å². The Bertz CT molecular complexity index is 1050. The Morgan fingerprint density at radius 2 is 1.89 bits per heavy atom. The fourth-order valence-corrected chi connectivity index (χ4v) is 2.85. The van der Waals surface area contributed by atoms with E-state index in [1.54, 1.807) is 50.4 Å². The first-order valence-electron chi connectivity index (χ1n) is 8.68. The average Bonchev–Trinajstić information content (AvgIpc) is 2.70. The normalized spacial score (nSPS) is 11.9. The van der Waals surface area contributed by atoms with Gasteiger partial charge in [0.1, 0.15) is 11.3 Å². The predicted molar refractivity (Wildman–Crippen MR) is 106 cm³/mol. The molecule has 2 aromatic carbocycles. The summed E-state index contributed by atoms with van der Waals surface area (Å²) in [6.45, 7) is 3.41. The molecule has 1 heterocycles. The van der Waals surface area contributed by atoms with Crippen LogP contribution in [0.4, 0.5) is 0 Å². The first-order chi connectivity index (χ1) is 13.4. The highest BCUT2D eigenvalue weighted by molar-refractivity contribution is 6.31. The highest BCUT2D eigenvalue weighted by atomic mass is 35.5. The van der Waals surface area contributed by atoms with E-state index in [9.17, 15) is 9.59 Å². The summed E-state index contributed by atoms with van der Waals surface area (Å²) < 4.78 is 21.8. The molecule has 0 amide bonds. The van der Waals surface area contributed by atoms with Crippen molar-refractivity contribution >= 4 is 28.5 Å². The first-order valence-corrected chi connectivity index (χ1v) is 9.06. The second kappa shape index (κ2) is 8.35. The van der Waals surface area contributed by atoms with Gasteiger partial charge in [-0.05, 0) is 56.3 Å². The predicted octanol–water partition coefficient (Wildman–Crippen LogP) is 4.45. The van der Waals surface area contributed by atoms with Gasteiger partial charge in [0.05, 0.1) is 19.1 Å². The summed E-state index contributed by atoms with van der Waals surface area (Å²) in [5.41, 5.74) is 0.530. The monoisotopic (exact) mass is 402 g/mol. The van der Waals surface area contributed by atoms with Gasteiger partial charge < -0.3 is 18.6 Å². The molecule has 146 valence electrons. The van der Waals surface area contributed by atoms with Crippen LogP contribution in [0, 0.1) is 0 Å². The zero-order valence-electron chi connectivity index (χ0n) is 15.7. The number of benzene rings is 2. The maximum Gasteiger partial charge on any atom is 0.347 e. The summed E-state index contributed by atoms with van der Waals surface area (Å²) in [5, 5.41) is 0.650. The van der Waals surface area contributed by atoms with Crippen LogP contribution in [0.25, 0.3) is 22.3 Å². The van der Waals surface area contributed by atoms with E-state index in [1.807, 2.05) is 0 Å². The van der Waals surface area contributed by atoms with Gasteiger partial charge >= 0.3 is 5.97 Å². The summed E-state index contributed by atoms with van der Waals surface area (Å²) in [4.78, 5) is 25.1. The number of halogens is 1. The molecule has 0 saturated heterocycles. The van der Waals surface area contributed by atoms with Crippen LogP contribution in [0.15, 0.2) is 51.7 Å². The van der Waals surface area contributed by atoms with Gasteiger partial charge in [0.25, 0.3) is 0 Å². The Labute approximate surface area is 166 Å². The molecule has 0 saturated carbocycles. The molecule has 28 heavy (non-hydrogen) atoms. The SMILES string of the molecule is CCOC(=O)[C@H](C)Oc1c(-c2ccc(OC)cc2)oc2ccc(Cl)cc2c1=O. The lowest BCUT2D eigenvalue weighted by molar-refractivity contribution is -0.150. The van der Waals surface area contributed by atoms with Crippen molar-refractivity contribution in [3.05, 3.63) is 57.7 Å². The van der Waals surface area contributed by atoms with E-state index in [0.717, 1.165) is 0 Å². The largest absolute Gasteiger partial charge is 0.497 e. The van der Waals surface area contributed by atoms with E-state index in [1.165, 1.54) is 13.0 Å². The third kappa shape index (κ3) is 3.97. The lowest BCUT2D eigenvalue weighted by Crippen LogP contribution is -2.28. The number of rotatable bonds is 6. The summed E-state index contributed by atoms with van der Waals surface area (Å²) in [7, 11) is 1.56. The molecule has 3 aromatic rings. The molecule has 0 fully saturated rings. The molecular weight excluding hydrogens is 384 g/mol. The second-order valence-corrected chi connectivity index (χ2v) is 6.41. The fraction of sp³-hybridized carbons (Fsp3) is 0.238. The van der Waals surface area contributed by atoms with E-state index in [2.05, 4.69) is 0 Å². The molecule has 0 N–H and O–H groups in total. The van der Waals surface area contributed by atoms with E-state index in [4.69, 9.17) is 30.2 Å². The molecule has 1 aromatic heterocycles. The van der Waals surface area contributed by atoms with Gasteiger partial charge in [-0.1, -0.05) is 11.6 Å². The van der Waals surface area contributed by atoms with Gasteiger partial charge in [-0.15, -0.1) is 0 Å². The van der Waals surface area contributed by atoms with Gasteiger partial charge in [0.2, 0.25) is 11.2 Å². The van der Waals surface area contributed by atoms with Crippen LogP contribution in [-0.2, 0) is 9.53 Å². The molecule has 7 heteroatoms. The van der Waals surface area contributed by atoms with Crippen molar-refractivity contribution in [2.45, 2.75) is 20.0 Å². The van der Waals surface area contributed by atoms with Crippen molar-refractivity contribution in [1.29, 1.82) is 0 Å². The van der Waals surface area contributed by atoms with Crippen LogP contribution >= 0.6 is 11.6 Å². The summed E-state index contributed by atoms with van der Waals surface area (Å²) >= 11 is 6.02. The highest BCUT2D eigenvalue weighted by Gasteiger charge is 2.23. The van der Waals surface area contributed by atoms with E-state index < -0.39 is 17.5 Å². The van der Waals surface area contributed by atoms with Crippen molar-refractivity contribution in [2.75, 3.05) is 13.7 Å². The number of ether oxygens (including phenoxy) is 3. The van der Waals surface area contributed by atoms with Gasteiger partial charge in [0.15, 0.2) is 11.9 Å². The standard InChI is InChI=1S/C21H19ClO6/c1-4-26-21(24)12(2)27-20-18(23)16-11-14(22)7-10-17(16)28-19(20)13-5-8-15(25-3)9-6-13/h5-12H,4H2,1-3H3/t12-/m0/s1. The molecule has 3 rings (SSSR count). The zero-order valence-corrected chi connectivity index (χ0v) is 16.4. The van der Waals surface area contributed by atoms with Crippen LogP contribution in [0.1, 0.15) is 13.8 Å². The maximum atomic E-state index is 13.1. The van der Waals surface area contributed by atoms with Gasteiger partial charge in [0, 0.05) is 10.6 Å². The molecule has 0 aliphatic carbocycles. The molecule has 0 aliphatic heterocycles. The number of fused-ring (bicyclic) bond motifs is 1. The Kier molecular flexibility index (Phi) is 5.90. The van der Waals surface area contributed by atoms with Gasteiger partial charge in [-0.25, -0.2) is 4.79 Å². The molecule has 1 atom stereocenters. The van der Waals surface area contributed by atoms with Crippen LogP contribution in [0.5, 0.6) is 11.5 Å². The lowest BCUT2D eigenvalue weighted by Gasteiger charge is -2.16. The first kappa shape index (κ1) is 19.8. The van der Waals surface area contributed by atoms with Crippen molar-refractivity contribution in [2.24, 2.45) is 0 Å². The van der Waals surface area contributed by atoms with Gasteiger partial charge in [-0.3, -0.25) is 4.79 Å². The molecule has 6 nitrogen and oxygen atoms in total. The van der Waals surface area contributed by atoms with Crippen molar-refractivity contribution in [3.63, 3.8) is 0 Å². The minimum atomic E-state index is -0.989. The van der Waals surface area contributed by atoms with Crippen LogP contribution in [0.3, 0.4) is 0 Å². The average molecular weight is 403 g/mol. The molecule has 0 spiro atoms. The topological polar surface area (TPSA) is 75.0 Å². The summed E-state index contributed by atoms with van der Waals surface area (Å²) in [5.74, 6) is 0.203. The molecular formula is C21H19ClO6. The van der Waals surface area contributed by atoms with E-state index in [0.29, 0.717) is 21.9 Å². The fourth-order valence-electron chi connectivity index (χ4n) is 2.67. The molecule has 0 unspecified atom stereocenters. The number of carbonyl (C=O) groups excluding carboxylic acids is 1. The number of hydrogen-bond acceptors (Lipinski definition) is 6. The Hall–Kier alpha value is -2.99. The Morgan fingerprint density at radius 1 is 1.18 bits per heavy atom. The number of hydrogen-bond donors (Lipinski definition) is 0. The van der Waals surface area contributed by atoms with Crippen LogP contribution in [-0.4, -0.2) is 25.8 Å². The van der Waals surface area contributed by atoms with E-state index in [-0.39, 0.29) is 23.5 Å². The van der Waals surface area contributed by atoms with E-state index >= 15 is 0 Å². The smallest absolute Gasteiger partial charge is 0.347 e. The summed E-state index contributed by atoms with van der Waals surface area (Å²) in [6, 6.07) is 11.7. The number of methoxy groups -OCH3 is 1. The number of esters is 1. The van der Waals surface area contributed by atoms with Crippen molar-refractivity contribution in [1.82, 2.24) is 0 Å². The summed E-state index contributed by atoms with van der Waals surface area (Å²) in [6.07, 6.45) is -0.989. The molecule has 0 radical (unpaired) electrons. The Balaban J connectivity index is 2.17. The quantitative estimate of drug-likeness (QED) is 0.567. The van der Waals surface area contributed by atoms with Crippen LogP contribution < -0.4 is 14.9 Å². The zero-order chi connectivity index (χ0) is 20.3. The lowest BCUT2D eigenvalue weighted by atomic mass is 10.1. The minimum absolute atomic E-state index is 0.0829. The minimum Gasteiger partial charge on any atom is -0.497 e. The third-order valence-electron chi connectivity index (χ3n) is 4.08.